The fourth-order valence-electron chi connectivity index (χ4n) is 3.43. The van der Waals surface area contributed by atoms with E-state index >= 15 is 0 Å². The lowest BCUT2D eigenvalue weighted by Gasteiger charge is -2.38. The van der Waals surface area contributed by atoms with Gasteiger partial charge in [0.25, 0.3) is 0 Å². The van der Waals surface area contributed by atoms with E-state index in [9.17, 15) is 13.5 Å². The number of rotatable bonds is 6. The molecule has 24 heavy (non-hydrogen) atoms. The highest BCUT2D eigenvalue weighted by molar-refractivity contribution is 7.91. The van der Waals surface area contributed by atoms with E-state index in [2.05, 4.69) is 9.80 Å². The molecule has 2 aliphatic heterocycles. The molecule has 2 fully saturated rings. The Morgan fingerprint density at radius 1 is 1.17 bits per heavy atom. The van der Waals surface area contributed by atoms with Crippen LogP contribution in [0.1, 0.15) is 6.42 Å². The van der Waals surface area contributed by atoms with E-state index in [0.717, 1.165) is 38.3 Å². The Balaban J connectivity index is 1.37. The zero-order valence-corrected chi connectivity index (χ0v) is 14.7. The van der Waals surface area contributed by atoms with Crippen LogP contribution in [0.2, 0.25) is 0 Å². The van der Waals surface area contributed by atoms with Gasteiger partial charge in [-0.1, -0.05) is 18.2 Å². The maximum atomic E-state index is 11.6. The van der Waals surface area contributed by atoms with Gasteiger partial charge in [0, 0.05) is 38.8 Å². The molecule has 0 aliphatic carbocycles. The quantitative estimate of drug-likeness (QED) is 0.789. The molecule has 0 amide bonds. The number of hydrogen-bond donors (Lipinski definition) is 1. The SMILES string of the molecule is O=S1(=O)CCC(N2CCN(CC(O)COc3ccccc3)CC2)C1. The van der Waals surface area contributed by atoms with Crippen molar-refractivity contribution in [2.45, 2.75) is 18.6 Å². The van der Waals surface area contributed by atoms with Crippen LogP contribution in [0.25, 0.3) is 0 Å². The first-order chi connectivity index (χ1) is 11.5. The van der Waals surface area contributed by atoms with Gasteiger partial charge in [-0.2, -0.15) is 0 Å². The second-order valence-corrected chi connectivity index (χ2v) is 8.90. The molecule has 1 N–H and O–H groups in total. The molecule has 1 aromatic carbocycles. The molecule has 2 heterocycles. The van der Waals surface area contributed by atoms with Crippen LogP contribution >= 0.6 is 0 Å². The topological polar surface area (TPSA) is 70.1 Å². The summed E-state index contributed by atoms with van der Waals surface area (Å²) in [6.45, 7) is 4.32. The minimum absolute atomic E-state index is 0.184. The average molecular weight is 354 g/mol. The Morgan fingerprint density at radius 3 is 2.50 bits per heavy atom. The number of para-hydroxylation sites is 1. The van der Waals surface area contributed by atoms with E-state index in [1.165, 1.54) is 0 Å². The molecule has 1 aromatic rings. The molecule has 3 rings (SSSR count). The zero-order valence-electron chi connectivity index (χ0n) is 13.9. The normalized spacial score (nSPS) is 26.3. The number of piperazine rings is 1. The van der Waals surface area contributed by atoms with Gasteiger partial charge < -0.3 is 9.84 Å². The van der Waals surface area contributed by atoms with Gasteiger partial charge >= 0.3 is 0 Å². The number of ether oxygens (including phenoxy) is 1. The molecule has 2 atom stereocenters. The molecule has 0 bridgehead atoms. The van der Waals surface area contributed by atoms with E-state index in [0.29, 0.717) is 18.1 Å². The van der Waals surface area contributed by atoms with Gasteiger partial charge in [-0.15, -0.1) is 0 Å². The van der Waals surface area contributed by atoms with Crippen LogP contribution in [0.15, 0.2) is 30.3 Å². The highest BCUT2D eigenvalue weighted by atomic mass is 32.2. The molecule has 2 unspecified atom stereocenters. The molecule has 7 heteroatoms. The Kier molecular flexibility index (Phi) is 5.76. The second kappa shape index (κ2) is 7.82. The largest absolute Gasteiger partial charge is 0.491 e. The fourth-order valence-corrected chi connectivity index (χ4v) is 5.20. The van der Waals surface area contributed by atoms with Crippen LogP contribution < -0.4 is 4.74 Å². The lowest BCUT2D eigenvalue weighted by atomic mass is 10.2. The molecular formula is C17H26N2O4S. The first kappa shape index (κ1) is 17.7. The number of aliphatic hydroxyl groups excluding tert-OH is 1. The Bertz CT molecular complexity index is 615. The standard InChI is InChI=1S/C17H26N2O4S/c20-16(13-23-17-4-2-1-3-5-17)12-18-7-9-19(10-8-18)15-6-11-24(21,22)14-15/h1-5,15-16,20H,6-14H2. The molecule has 0 aromatic heterocycles. The summed E-state index contributed by atoms with van der Waals surface area (Å²) in [4.78, 5) is 4.51. The van der Waals surface area contributed by atoms with Gasteiger partial charge in [-0.3, -0.25) is 9.80 Å². The molecule has 0 radical (unpaired) electrons. The van der Waals surface area contributed by atoms with Gasteiger partial charge in [0.2, 0.25) is 0 Å². The summed E-state index contributed by atoms with van der Waals surface area (Å²) in [6.07, 6.45) is 0.235. The van der Waals surface area contributed by atoms with Crippen LogP contribution in [0.4, 0.5) is 0 Å². The molecule has 2 saturated heterocycles. The van der Waals surface area contributed by atoms with Crippen LogP contribution in [0.5, 0.6) is 5.75 Å². The number of hydrogen-bond acceptors (Lipinski definition) is 6. The predicted octanol–water partition coefficient (Wildman–Crippen LogP) is 0.231. The molecule has 0 spiro atoms. The summed E-state index contributed by atoms with van der Waals surface area (Å²) in [5.74, 6) is 1.40. The number of benzene rings is 1. The Hall–Kier alpha value is -1.15. The fraction of sp³-hybridized carbons (Fsp3) is 0.647. The second-order valence-electron chi connectivity index (χ2n) is 6.67. The number of aliphatic hydroxyl groups is 1. The van der Waals surface area contributed by atoms with Crippen LogP contribution in [-0.4, -0.2) is 86.3 Å². The molecule has 134 valence electrons. The van der Waals surface area contributed by atoms with Crippen molar-refractivity contribution in [3.8, 4) is 5.75 Å². The molecular weight excluding hydrogens is 328 g/mol. The third-order valence-electron chi connectivity index (χ3n) is 4.79. The van der Waals surface area contributed by atoms with Crippen molar-refractivity contribution in [3.63, 3.8) is 0 Å². The van der Waals surface area contributed by atoms with E-state index in [4.69, 9.17) is 4.74 Å². The monoisotopic (exact) mass is 354 g/mol. The summed E-state index contributed by atoms with van der Waals surface area (Å²) in [6, 6.07) is 9.68. The van der Waals surface area contributed by atoms with E-state index < -0.39 is 15.9 Å². The third-order valence-corrected chi connectivity index (χ3v) is 6.54. The van der Waals surface area contributed by atoms with E-state index in [1.807, 2.05) is 30.3 Å². The van der Waals surface area contributed by atoms with Crippen LogP contribution in [0, 0.1) is 0 Å². The highest BCUT2D eigenvalue weighted by Crippen LogP contribution is 2.19. The minimum Gasteiger partial charge on any atom is -0.491 e. The highest BCUT2D eigenvalue weighted by Gasteiger charge is 2.33. The van der Waals surface area contributed by atoms with Gasteiger partial charge in [0.1, 0.15) is 18.5 Å². The summed E-state index contributed by atoms with van der Waals surface area (Å²) in [5, 5.41) is 10.1. The van der Waals surface area contributed by atoms with E-state index in [-0.39, 0.29) is 12.6 Å². The van der Waals surface area contributed by atoms with Crippen molar-refractivity contribution in [1.29, 1.82) is 0 Å². The smallest absolute Gasteiger partial charge is 0.151 e. The number of sulfone groups is 1. The van der Waals surface area contributed by atoms with Gasteiger partial charge in [-0.05, 0) is 18.6 Å². The van der Waals surface area contributed by atoms with Crippen LogP contribution in [-0.2, 0) is 9.84 Å². The summed E-state index contributed by atoms with van der Waals surface area (Å²) >= 11 is 0. The van der Waals surface area contributed by atoms with Crippen molar-refractivity contribution < 1.29 is 18.3 Å². The Morgan fingerprint density at radius 2 is 1.88 bits per heavy atom. The van der Waals surface area contributed by atoms with Crippen molar-refractivity contribution in [2.75, 3.05) is 50.8 Å². The van der Waals surface area contributed by atoms with Gasteiger partial charge in [0.15, 0.2) is 9.84 Å². The maximum Gasteiger partial charge on any atom is 0.151 e. The molecule has 2 aliphatic rings. The Labute approximate surface area is 143 Å². The first-order valence-corrected chi connectivity index (χ1v) is 10.4. The van der Waals surface area contributed by atoms with Crippen LogP contribution in [0.3, 0.4) is 0 Å². The number of nitrogens with zero attached hydrogens (tertiary/aromatic N) is 2. The predicted molar refractivity (Wildman–Crippen MR) is 93.0 cm³/mol. The number of β-amino-alcohol motifs (C(OH)–C–C–N with tert-alkyl or cyclic N) is 1. The summed E-state index contributed by atoms with van der Waals surface area (Å²) < 4.78 is 28.8. The lowest BCUT2D eigenvalue weighted by Crippen LogP contribution is -2.52. The lowest BCUT2D eigenvalue weighted by molar-refractivity contribution is 0.0389. The summed E-state index contributed by atoms with van der Waals surface area (Å²) in [5.41, 5.74) is 0. The summed E-state index contributed by atoms with van der Waals surface area (Å²) in [7, 11) is -2.82. The molecule has 6 nitrogen and oxygen atoms in total. The van der Waals surface area contributed by atoms with Crippen molar-refractivity contribution in [3.05, 3.63) is 30.3 Å². The minimum atomic E-state index is -2.82. The van der Waals surface area contributed by atoms with Crippen molar-refractivity contribution in [1.82, 2.24) is 9.80 Å². The first-order valence-electron chi connectivity index (χ1n) is 8.54. The zero-order chi connectivity index (χ0) is 17.0. The van der Waals surface area contributed by atoms with Gasteiger partial charge in [-0.25, -0.2) is 8.42 Å². The van der Waals surface area contributed by atoms with Crippen molar-refractivity contribution in [2.24, 2.45) is 0 Å². The maximum absolute atomic E-state index is 11.6. The van der Waals surface area contributed by atoms with Crippen molar-refractivity contribution >= 4 is 9.84 Å². The molecule has 0 saturated carbocycles. The van der Waals surface area contributed by atoms with Gasteiger partial charge in [0.05, 0.1) is 11.5 Å². The van der Waals surface area contributed by atoms with E-state index in [1.54, 1.807) is 0 Å². The third kappa shape index (κ3) is 4.92. The average Bonchev–Trinajstić information content (AvgIpc) is 2.95.